The van der Waals surface area contributed by atoms with E-state index in [1.807, 2.05) is 13.0 Å². The number of carbonyl (C=O) groups is 2. The van der Waals surface area contributed by atoms with Crippen molar-refractivity contribution in [3.63, 3.8) is 0 Å². The van der Waals surface area contributed by atoms with Crippen molar-refractivity contribution >= 4 is 61.1 Å². The highest BCUT2D eigenvalue weighted by molar-refractivity contribution is 9.11. The monoisotopic (exact) mass is 435 g/mol. The molecule has 3 rings (SSSR count). The van der Waals surface area contributed by atoms with Crippen LogP contribution in [-0.2, 0) is 4.79 Å². The summed E-state index contributed by atoms with van der Waals surface area (Å²) in [6, 6.07) is 8.31. The summed E-state index contributed by atoms with van der Waals surface area (Å²) in [6.45, 7) is 1.94. The molecule has 0 aromatic heterocycles. The minimum atomic E-state index is -0.975. The second-order valence-corrected chi connectivity index (χ2v) is 6.86. The van der Waals surface area contributed by atoms with Gasteiger partial charge in [0.2, 0.25) is 0 Å². The van der Waals surface area contributed by atoms with E-state index in [9.17, 15) is 9.59 Å². The number of amides is 1. The maximum Gasteiger partial charge on any atom is 0.335 e. The van der Waals surface area contributed by atoms with Crippen molar-refractivity contribution in [3.05, 3.63) is 61.5 Å². The molecule has 0 unspecified atom stereocenters. The summed E-state index contributed by atoms with van der Waals surface area (Å²) >= 11 is 6.96. The van der Waals surface area contributed by atoms with Gasteiger partial charge in [-0.2, -0.15) is 0 Å². The lowest BCUT2D eigenvalue weighted by Crippen LogP contribution is -2.04. The van der Waals surface area contributed by atoms with Crippen molar-refractivity contribution in [2.45, 2.75) is 6.92 Å². The van der Waals surface area contributed by atoms with E-state index in [-0.39, 0.29) is 11.5 Å². The molecule has 0 saturated heterocycles. The minimum absolute atomic E-state index is 0.177. The normalized spacial score (nSPS) is 14.7. The fraction of sp³-hybridized carbons (Fsp3) is 0.0588. The smallest absolute Gasteiger partial charge is 0.335 e. The Morgan fingerprint density at radius 3 is 2.43 bits per heavy atom. The number of hydrogen-bond acceptors (Lipinski definition) is 2. The van der Waals surface area contributed by atoms with Crippen LogP contribution >= 0.6 is 31.9 Å². The van der Waals surface area contributed by atoms with E-state index in [2.05, 4.69) is 37.2 Å². The van der Waals surface area contributed by atoms with Crippen LogP contribution in [0.5, 0.6) is 0 Å². The van der Waals surface area contributed by atoms with Crippen LogP contribution < -0.4 is 5.32 Å². The molecule has 1 aliphatic heterocycles. The average Bonchev–Trinajstić information content (AvgIpc) is 2.83. The Balaban J connectivity index is 2.12. The quantitative estimate of drug-likeness (QED) is 0.670. The Bertz CT molecular complexity index is 870. The predicted molar refractivity (Wildman–Crippen MR) is 96.5 cm³/mol. The first-order valence-electron chi connectivity index (χ1n) is 6.74. The van der Waals surface area contributed by atoms with Gasteiger partial charge in [0, 0.05) is 20.1 Å². The van der Waals surface area contributed by atoms with Gasteiger partial charge in [-0.1, -0.05) is 28.1 Å². The summed E-state index contributed by atoms with van der Waals surface area (Å²) in [6.07, 6.45) is 1.76. The highest BCUT2D eigenvalue weighted by atomic mass is 79.9. The van der Waals surface area contributed by atoms with Crippen molar-refractivity contribution in [2.24, 2.45) is 0 Å². The second kappa shape index (κ2) is 5.94. The average molecular weight is 437 g/mol. The zero-order valence-electron chi connectivity index (χ0n) is 12.0. The minimum Gasteiger partial charge on any atom is -0.478 e. The van der Waals surface area contributed by atoms with Crippen molar-refractivity contribution in [1.82, 2.24) is 0 Å². The number of hydrogen-bond donors (Lipinski definition) is 2. The van der Waals surface area contributed by atoms with Crippen molar-refractivity contribution < 1.29 is 14.7 Å². The molecular formula is C17H11Br2NO3. The third kappa shape index (κ3) is 2.84. The highest BCUT2D eigenvalue weighted by Gasteiger charge is 2.28. The second-order valence-electron chi connectivity index (χ2n) is 5.15. The molecule has 0 aliphatic carbocycles. The molecule has 2 aromatic rings. The van der Waals surface area contributed by atoms with Crippen LogP contribution in [-0.4, -0.2) is 17.0 Å². The standard InChI is InChI=1S/C17H11Br2NO3/c1-8-12(18)7-13(19)15-14(8)11(16(21)20-15)6-9-2-4-10(5-3-9)17(22)23/h2-7H,1H3,(H,20,21)(H,22,23). The number of anilines is 1. The third-order valence-corrected chi connectivity index (χ3v) is 5.15. The molecule has 1 amide bonds. The number of halogens is 2. The van der Waals surface area contributed by atoms with E-state index in [1.54, 1.807) is 18.2 Å². The lowest BCUT2D eigenvalue weighted by molar-refractivity contribution is -0.110. The van der Waals surface area contributed by atoms with Crippen molar-refractivity contribution in [3.8, 4) is 0 Å². The summed E-state index contributed by atoms with van der Waals surface area (Å²) in [4.78, 5) is 23.2. The SMILES string of the molecule is Cc1c(Br)cc(Br)c2c1C(=Cc1ccc(C(=O)O)cc1)C(=O)N2. The Morgan fingerprint density at radius 1 is 1.17 bits per heavy atom. The number of fused-ring (bicyclic) bond motifs is 1. The number of nitrogens with one attached hydrogen (secondary N) is 1. The fourth-order valence-electron chi connectivity index (χ4n) is 2.50. The van der Waals surface area contributed by atoms with E-state index in [4.69, 9.17) is 5.11 Å². The van der Waals surface area contributed by atoms with E-state index in [1.165, 1.54) is 12.1 Å². The lowest BCUT2D eigenvalue weighted by Gasteiger charge is -2.08. The van der Waals surface area contributed by atoms with Crippen molar-refractivity contribution in [1.29, 1.82) is 0 Å². The summed E-state index contributed by atoms with van der Waals surface area (Å²) in [7, 11) is 0. The van der Waals surface area contributed by atoms with Gasteiger partial charge in [0.05, 0.1) is 11.3 Å². The zero-order chi connectivity index (χ0) is 16.7. The van der Waals surface area contributed by atoms with Gasteiger partial charge >= 0.3 is 5.97 Å². The molecule has 116 valence electrons. The van der Waals surface area contributed by atoms with Crippen LogP contribution in [0, 0.1) is 6.92 Å². The van der Waals surface area contributed by atoms with Gasteiger partial charge in [-0.3, -0.25) is 4.79 Å². The molecule has 0 bridgehead atoms. The van der Waals surface area contributed by atoms with E-state index < -0.39 is 5.97 Å². The topological polar surface area (TPSA) is 66.4 Å². The van der Waals surface area contributed by atoms with Gasteiger partial charge in [-0.05, 0) is 58.3 Å². The van der Waals surface area contributed by atoms with Gasteiger partial charge in [0.1, 0.15) is 0 Å². The number of aromatic carboxylic acids is 1. The zero-order valence-corrected chi connectivity index (χ0v) is 15.2. The Kier molecular flexibility index (Phi) is 4.12. The van der Waals surface area contributed by atoms with E-state index in [0.717, 1.165) is 31.3 Å². The van der Waals surface area contributed by atoms with Gasteiger partial charge in [-0.25, -0.2) is 4.79 Å². The van der Waals surface area contributed by atoms with Crippen LogP contribution in [0.1, 0.15) is 27.0 Å². The molecule has 1 heterocycles. The number of carboxylic acids is 1. The van der Waals surface area contributed by atoms with Crippen LogP contribution in [0.4, 0.5) is 5.69 Å². The van der Waals surface area contributed by atoms with Gasteiger partial charge in [0.15, 0.2) is 0 Å². The van der Waals surface area contributed by atoms with Gasteiger partial charge in [0.25, 0.3) is 5.91 Å². The third-order valence-electron chi connectivity index (χ3n) is 3.70. The number of rotatable bonds is 2. The molecule has 0 fully saturated rings. The molecule has 23 heavy (non-hydrogen) atoms. The molecule has 0 saturated carbocycles. The Hall–Kier alpha value is -1.92. The molecule has 2 N–H and O–H groups in total. The van der Waals surface area contributed by atoms with Crippen LogP contribution in [0.3, 0.4) is 0 Å². The Morgan fingerprint density at radius 2 is 1.83 bits per heavy atom. The first-order chi connectivity index (χ1) is 10.9. The summed E-state index contributed by atoms with van der Waals surface area (Å²) in [5.41, 5.74) is 4.11. The predicted octanol–water partition coefficient (Wildman–Crippen LogP) is 4.71. The van der Waals surface area contributed by atoms with Gasteiger partial charge in [-0.15, -0.1) is 0 Å². The highest BCUT2D eigenvalue weighted by Crippen LogP contribution is 2.43. The number of carboxylic acid groups (broad SMARTS) is 1. The largest absolute Gasteiger partial charge is 0.478 e. The van der Waals surface area contributed by atoms with E-state index in [0.29, 0.717) is 5.57 Å². The van der Waals surface area contributed by atoms with Crippen LogP contribution in [0.25, 0.3) is 11.6 Å². The van der Waals surface area contributed by atoms with Crippen LogP contribution in [0.2, 0.25) is 0 Å². The number of benzene rings is 2. The summed E-state index contributed by atoms with van der Waals surface area (Å²) < 4.78 is 1.72. The number of carbonyl (C=O) groups excluding carboxylic acids is 1. The van der Waals surface area contributed by atoms with Crippen LogP contribution in [0.15, 0.2) is 39.3 Å². The molecule has 6 heteroatoms. The molecule has 1 aliphatic rings. The maximum absolute atomic E-state index is 12.3. The Labute approximate surface area is 149 Å². The van der Waals surface area contributed by atoms with E-state index >= 15 is 0 Å². The van der Waals surface area contributed by atoms with Gasteiger partial charge < -0.3 is 10.4 Å². The molecule has 0 radical (unpaired) electrons. The molecule has 0 atom stereocenters. The first kappa shape index (κ1) is 16.0. The lowest BCUT2D eigenvalue weighted by atomic mass is 9.99. The molecular weight excluding hydrogens is 426 g/mol. The van der Waals surface area contributed by atoms with Crippen molar-refractivity contribution in [2.75, 3.05) is 5.32 Å². The fourth-order valence-corrected chi connectivity index (χ4v) is 3.76. The summed E-state index contributed by atoms with van der Waals surface area (Å²) in [5, 5.41) is 11.8. The summed E-state index contributed by atoms with van der Waals surface area (Å²) in [5.74, 6) is -1.15. The molecule has 0 spiro atoms. The molecule has 4 nitrogen and oxygen atoms in total. The first-order valence-corrected chi connectivity index (χ1v) is 8.32. The maximum atomic E-state index is 12.3. The molecule has 2 aromatic carbocycles.